The minimum Gasteiger partial charge on any atom is -0.504 e. The van der Waals surface area contributed by atoms with Crippen LogP contribution in [-0.2, 0) is 29.6 Å². The monoisotopic (exact) mass is 748 g/mol. The zero-order chi connectivity index (χ0) is 38.3. The maximum absolute atomic E-state index is 13.8. The van der Waals surface area contributed by atoms with E-state index in [0.29, 0.717) is 12.0 Å². The zero-order valence-corrected chi connectivity index (χ0v) is 35.3. The van der Waals surface area contributed by atoms with Gasteiger partial charge in [-0.3, -0.25) is 10.1 Å². The van der Waals surface area contributed by atoms with Gasteiger partial charge in [-0.15, -0.1) is 0 Å². The highest BCUT2D eigenvalue weighted by Crippen LogP contribution is 2.61. The Morgan fingerprint density at radius 1 is 0.642 bits per heavy atom. The van der Waals surface area contributed by atoms with Crippen LogP contribution in [0.25, 0.3) is 0 Å². The molecule has 4 aromatic carbocycles. The average molecular weight is 749 g/mol. The van der Waals surface area contributed by atoms with Gasteiger partial charge in [0.15, 0.2) is 19.5 Å². The van der Waals surface area contributed by atoms with Crippen LogP contribution in [0.4, 0.5) is 4.79 Å². The van der Waals surface area contributed by atoms with E-state index in [-0.39, 0.29) is 28.0 Å². The zero-order valence-electron chi connectivity index (χ0n) is 32.5. The first-order valence-electron chi connectivity index (χ1n) is 18.5. The molecular formula is C44H56N2O5Si2. The molecule has 3 atom stereocenters. The van der Waals surface area contributed by atoms with Crippen LogP contribution in [0.3, 0.4) is 0 Å². The molecule has 4 aromatic rings. The van der Waals surface area contributed by atoms with E-state index < -0.39 is 42.7 Å². The van der Waals surface area contributed by atoms with Crippen LogP contribution in [0, 0.1) is 11.8 Å². The summed E-state index contributed by atoms with van der Waals surface area (Å²) in [7, 11) is -0.884. The van der Waals surface area contributed by atoms with Gasteiger partial charge >= 0.3 is 6.03 Å². The van der Waals surface area contributed by atoms with Gasteiger partial charge in [0.25, 0.3) is 5.91 Å². The molecule has 9 heteroatoms. The molecule has 0 unspecified atom stereocenters. The van der Waals surface area contributed by atoms with E-state index in [1.807, 2.05) is 24.3 Å². The van der Waals surface area contributed by atoms with Gasteiger partial charge in [-0.2, -0.15) is 0 Å². The highest BCUT2D eigenvalue weighted by atomic mass is 28.2. The van der Waals surface area contributed by atoms with Gasteiger partial charge in [-0.25, -0.2) is 4.79 Å². The molecular weight excluding hydrogens is 693 g/mol. The predicted molar refractivity (Wildman–Crippen MR) is 219 cm³/mol. The Kier molecular flexibility index (Phi) is 12.7. The van der Waals surface area contributed by atoms with Gasteiger partial charge in [0.1, 0.15) is 11.2 Å². The smallest absolute Gasteiger partial charge is 0.321 e. The fourth-order valence-corrected chi connectivity index (χ4v) is 9.90. The number of hydrogen-bond acceptors (Lipinski definition) is 5. The number of urea groups is 1. The van der Waals surface area contributed by atoms with Crippen molar-refractivity contribution in [3.8, 4) is 0 Å². The number of methoxy groups -OCH3 is 1. The second kappa shape index (κ2) is 16.8. The van der Waals surface area contributed by atoms with E-state index >= 15 is 0 Å². The fraction of sp³-hybridized carbons (Fsp3) is 0.364. The molecule has 0 bridgehead atoms. The third kappa shape index (κ3) is 9.09. The molecule has 0 aliphatic heterocycles. The van der Waals surface area contributed by atoms with Gasteiger partial charge in [0.2, 0.25) is 0 Å². The van der Waals surface area contributed by atoms with Gasteiger partial charge in [-0.1, -0.05) is 163 Å². The van der Waals surface area contributed by atoms with Crippen LogP contribution in [0.2, 0.25) is 10.1 Å². The topological polar surface area (TPSA) is 85.9 Å². The predicted octanol–water partition coefficient (Wildman–Crippen LogP) is 7.89. The Morgan fingerprint density at radius 3 is 1.40 bits per heavy atom. The molecule has 1 saturated carbocycles. The molecule has 1 fully saturated rings. The quantitative estimate of drug-likeness (QED) is 0.0826. The number of rotatable bonds is 13. The summed E-state index contributed by atoms with van der Waals surface area (Å²) in [6, 6.07) is 41.1. The first kappa shape index (κ1) is 39.9. The van der Waals surface area contributed by atoms with Crippen LogP contribution >= 0.6 is 0 Å². The Labute approximate surface area is 320 Å². The molecule has 53 heavy (non-hydrogen) atoms. The molecule has 1 aliphatic rings. The minimum absolute atomic E-state index is 0.00880. The summed E-state index contributed by atoms with van der Waals surface area (Å²) >= 11 is 0. The van der Waals surface area contributed by atoms with Crippen molar-refractivity contribution in [2.24, 2.45) is 11.8 Å². The molecule has 7 nitrogen and oxygen atoms in total. The van der Waals surface area contributed by atoms with Crippen molar-refractivity contribution in [3.05, 3.63) is 155 Å². The summed E-state index contributed by atoms with van der Waals surface area (Å²) in [5.74, 6) is -1.01. The number of imide groups is 1. The van der Waals surface area contributed by atoms with E-state index in [2.05, 4.69) is 149 Å². The highest BCUT2D eigenvalue weighted by molar-refractivity contribution is 6.32. The second-order valence-electron chi connectivity index (χ2n) is 16.6. The number of ether oxygens (including phenoxy) is 1. The van der Waals surface area contributed by atoms with Crippen molar-refractivity contribution in [1.29, 1.82) is 0 Å². The molecule has 280 valence electrons. The standard InChI is InChI=1S/C44H56N2O5Si2/c1-31(30-49-8)39(47)46-40(48)45-37-29-36(43(50-52-41(2,3)4,32-21-13-9-14-22-32)33-23-15-10-16-24-33)38(37)44(51-53-42(5,6)7,34-25-17-11-18-26-34)35-27-19-12-20-28-35/h9-28,30,36-38H,29,52-53H2,1-8H3,(H2,45,46,47,48)/t36-,37+,38+/m0/s1. The summed E-state index contributed by atoms with van der Waals surface area (Å²) in [6.45, 7) is 15.1. The molecule has 0 aromatic heterocycles. The van der Waals surface area contributed by atoms with E-state index in [0.717, 1.165) is 22.3 Å². The van der Waals surface area contributed by atoms with E-state index in [1.54, 1.807) is 6.92 Å². The summed E-state index contributed by atoms with van der Waals surface area (Å²) in [4.78, 5) is 26.8. The number of nitrogens with one attached hydrogen (secondary N) is 2. The van der Waals surface area contributed by atoms with Gasteiger partial charge in [-0.05, 0) is 45.7 Å². The van der Waals surface area contributed by atoms with Crippen molar-refractivity contribution in [3.63, 3.8) is 0 Å². The lowest BCUT2D eigenvalue weighted by Crippen LogP contribution is -2.68. The average Bonchev–Trinajstić information content (AvgIpc) is 3.13. The van der Waals surface area contributed by atoms with Crippen molar-refractivity contribution in [2.75, 3.05) is 7.11 Å². The lowest BCUT2D eigenvalue weighted by atomic mass is 9.51. The first-order valence-corrected chi connectivity index (χ1v) is 21.1. The SMILES string of the molecule is COC=C(C)C(=O)NC(=O)N[C@@H]1C[C@H](C(O[SiH2]C(C)(C)C)(c2ccccc2)c2ccccc2)[C@H]1C(O[SiH2]C(C)(C)C)(c1ccccc1)c1ccccc1. The Hall–Kier alpha value is -4.29. The summed E-state index contributed by atoms with van der Waals surface area (Å²) in [6.07, 6.45) is 1.92. The maximum atomic E-state index is 13.8. The van der Waals surface area contributed by atoms with Crippen LogP contribution in [0.1, 0.15) is 77.1 Å². The largest absolute Gasteiger partial charge is 0.504 e. The van der Waals surface area contributed by atoms with Crippen LogP contribution in [0.15, 0.2) is 133 Å². The number of carbonyl (C=O) groups excluding carboxylic acids is 2. The summed E-state index contributed by atoms with van der Waals surface area (Å²) in [5, 5.41) is 5.75. The normalized spacial score (nSPS) is 18.6. The first-order chi connectivity index (χ1) is 25.2. The van der Waals surface area contributed by atoms with Crippen LogP contribution in [0.5, 0.6) is 0 Å². The molecule has 3 amide bonds. The molecule has 5 rings (SSSR count). The number of hydrogen-bond donors (Lipinski definition) is 2. The molecule has 0 heterocycles. The molecule has 1 aliphatic carbocycles. The Balaban J connectivity index is 1.80. The van der Waals surface area contributed by atoms with Crippen molar-refractivity contribution >= 4 is 31.5 Å². The molecule has 0 radical (unpaired) electrons. The third-order valence-corrected chi connectivity index (χ3v) is 12.8. The van der Waals surface area contributed by atoms with Crippen LogP contribution in [-0.4, -0.2) is 44.6 Å². The van der Waals surface area contributed by atoms with E-state index in [4.69, 9.17) is 13.6 Å². The second-order valence-corrected chi connectivity index (χ2v) is 22.0. The number of benzene rings is 4. The van der Waals surface area contributed by atoms with E-state index in [1.165, 1.54) is 13.4 Å². The number of amides is 3. The van der Waals surface area contributed by atoms with Gasteiger partial charge in [0, 0.05) is 23.5 Å². The third-order valence-electron chi connectivity index (χ3n) is 9.84. The van der Waals surface area contributed by atoms with Crippen LogP contribution < -0.4 is 10.6 Å². The Morgan fingerprint density at radius 2 is 1.02 bits per heavy atom. The lowest BCUT2D eigenvalue weighted by molar-refractivity contribution is -0.130. The van der Waals surface area contributed by atoms with Crippen molar-refractivity contribution in [1.82, 2.24) is 10.6 Å². The fourth-order valence-electron chi connectivity index (χ4n) is 7.51. The summed E-state index contributed by atoms with van der Waals surface area (Å²) in [5.41, 5.74) is 2.63. The lowest BCUT2D eigenvalue weighted by Gasteiger charge is -2.61. The summed E-state index contributed by atoms with van der Waals surface area (Å²) < 4.78 is 20.2. The molecule has 2 N–H and O–H groups in total. The molecule has 0 spiro atoms. The van der Waals surface area contributed by atoms with Gasteiger partial charge < -0.3 is 18.9 Å². The highest BCUT2D eigenvalue weighted by Gasteiger charge is 2.64. The van der Waals surface area contributed by atoms with E-state index in [9.17, 15) is 9.59 Å². The molecule has 0 saturated heterocycles. The number of carbonyl (C=O) groups is 2. The van der Waals surface area contributed by atoms with Gasteiger partial charge in [0.05, 0.1) is 13.4 Å². The van der Waals surface area contributed by atoms with Crippen molar-refractivity contribution in [2.45, 2.75) is 82.2 Å². The van der Waals surface area contributed by atoms with Crippen molar-refractivity contribution < 1.29 is 23.2 Å². The Bertz CT molecular complexity index is 1750. The maximum Gasteiger partial charge on any atom is 0.321 e. The minimum atomic E-state index is -1.21.